The quantitative estimate of drug-likeness (QED) is 0.160. The summed E-state index contributed by atoms with van der Waals surface area (Å²) in [5.41, 5.74) is 6.51. The highest BCUT2D eigenvalue weighted by Gasteiger charge is 2.28. The largest absolute Gasteiger partial charge is 0.457 e. The Morgan fingerprint density at radius 1 is 0.568 bits per heavy atom. The van der Waals surface area contributed by atoms with E-state index in [1.807, 2.05) is 79.1 Å². The summed E-state index contributed by atoms with van der Waals surface area (Å²) >= 11 is 1.70. The van der Waals surface area contributed by atoms with Gasteiger partial charge in [-0.25, -0.2) is 18.0 Å². The summed E-state index contributed by atoms with van der Waals surface area (Å²) in [6.07, 6.45) is 3.21. The maximum Gasteiger partial charge on any atom is 0.339 e. The van der Waals surface area contributed by atoms with E-state index < -0.39 is 9.84 Å². The van der Waals surface area contributed by atoms with E-state index in [1.165, 1.54) is 11.2 Å². The van der Waals surface area contributed by atoms with Crippen LogP contribution in [-0.4, -0.2) is 46.1 Å². The van der Waals surface area contributed by atoms with Crippen LogP contribution in [0.1, 0.15) is 37.1 Å². The van der Waals surface area contributed by atoms with Crippen LogP contribution in [0.2, 0.25) is 0 Å². The molecule has 0 aromatic heterocycles. The van der Waals surface area contributed by atoms with Gasteiger partial charge < -0.3 is 9.47 Å². The van der Waals surface area contributed by atoms with Gasteiger partial charge in [0.05, 0.1) is 16.0 Å². The molecule has 0 fully saturated rings. The van der Waals surface area contributed by atoms with Gasteiger partial charge in [0.25, 0.3) is 0 Å². The number of sulfone groups is 1. The standard InChI is InChI=1S/C17H14O4S.C17H14O2S.2CH4/c1-22(19,20)14-9-7-12(8-10-14)15-11-21-17(18)16(15)13-5-3-2-4-6-13;1-20-14-9-7-12(8-10-14)15-11-19-17(18)16(15)13-5-3-2-4-6-13;;/h2-10H,11H2,1H3;2-10H,11H2,1H3;2*1H4. The first-order valence-electron chi connectivity index (χ1n) is 13.1. The van der Waals surface area contributed by atoms with Crippen LogP contribution in [0.25, 0.3) is 22.3 Å². The van der Waals surface area contributed by atoms with Crippen molar-refractivity contribution >= 4 is 55.8 Å². The summed E-state index contributed by atoms with van der Waals surface area (Å²) in [5.74, 6) is -0.589. The number of thioether (sulfide) groups is 1. The molecule has 6 nitrogen and oxygen atoms in total. The first-order valence-corrected chi connectivity index (χ1v) is 16.2. The normalized spacial score (nSPS) is 14.1. The van der Waals surface area contributed by atoms with E-state index in [4.69, 9.17) is 9.47 Å². The van der Waals surface area contributed by atoms with Crippen LogP contribution >= 0.6 is 11.8 Å². The minimum atomic E-state index is -3.23. The maximum absolute atomic E-state index is 12.0. The Morgan fingerprint density at radius 2 is 0.955 bits per heavy atom. The Balaban J connectivity index is 0.000000231. The number of carbonyl (C=O) groups is 2. The molecule has 0 radical (unpaired) electrons. The third kappa shape index (κ3) is 7.56. The van der Waals surface area contributed by atoms with Gasteiger partial charge in [0, 0.05) is 22.3 Å². The van der Waals surface area contributed by atoms with E-state index in [0.29, 0.717) is 17.8 Å². The monoisotopic (exact) mass is 628 g/mol. The first-order chi connectivity index (χ1) is 20.3. The highest BCUT2D eigenvalue weighted by Crippen LogP contribution is 2.34. The lowest BCUT2D eigenvalue weighted by molar-refractivity contribution is -0.134. The molecule has 2 aliphatic heterocycles. The maximum atomic E-state index is 12.0. The van der Waals surface area contributed by atoms with Crippen molar-refractivity contribution in [2.24, 2.45) is 0 Å². The Kier molecular flexibility index (Phi) is 11.5. The van der Waals surface area contributed by atoms with E-state index in [0.717, 1.165) is 33.4 Å². The summed E-state index contributed by atoms with van der Waals surface area (Å²) in [7, 11) is -3.23. The number of carbonyl (C=O) groups excluding carboxylic acids is 2. The van der Waals surface area contributed by atoms with Crippen LogP contribution in [0.15, 0.2) is 119 Å². The second-order valence-electron chi connectivity index (χ2n) is 9.62. The lowest BCUT2D eigenvalue weighted by Gasteiger charge is -2.05. The Hall–Kier alpha value is -4.40. The molecule has 0 atom stereocenters. The van der Waals surface area contributed by atoms with Crippen molar-refractivity contribution in [2.75, 3.05) is 25.7 Å². The third-order valence-corrected chi connectivity index (χ3v) is 8.77. The number of rotatable bonds is 6. The Labute approximate surface area is 264 Å². The number of esters is 2. The molecular formula is C36H36O6S2. The molecule has 44 heavy (non-hydrogen) atoms. The van der Waals surface area contributed by atoms with Crippen molar-refractivity contribution < 1.29 is 27.5 Å². The fourth-order valence-corrected chi connectivity index (χ4v) is 5.79. The molecule has 0 unspecified atom stereocenters. The van der Waals surface area contributed by atoms with Crippen molar-refractivity contribution in [1.29, 1.82) is 0 Å². The van der Waals surface area contributed by atoms with E-state index in [-0.39, 0.29) is 38.3 Å². The molecule has 4 aromatic carbocycles. The first kappa shape index (κ1) is 34.1. The minimum Gasteiger partial charge on any atom is -0.457 e. The van der Waals surface area contributed by atoms with E-state index in [9.17, 15) is 18.0 Å². The molecular weight excluding hydrogens is 593 g/mol. The molecule has 0 aliphatic carbocycles. The fraction of sp³-hybridized carbons (Fsp3) is 0.167. The number of hydrogen-bond acceptors (Lipinski definition) is 7. The van der Waals surface area contributed by atoms with Crippen molar-refractivity contribution in [3.63, 3.8) is 0 Å². The van der Waals surface area contributed by atoms with Crippen molar-refractivity contribution in [3.8, 4) is 0 Å². The zero-order chi connectivity index (χ0) is 29.7. The highest BCUT2D eigenvalue weighted by atomic mass is 32.2. The zero-order valence-corrected chi connectivity index (χ0v) is 24.7. The van der Waals surface area contributed by atoms with Crippen LogP contribution in [0.5, 0.6) is 0 Å². The zero-order valence-electron chi connectivity index (χ0n) is 23.1. The summed E-state index contributed by atoms with van der Waals surface area (Å²) in [5, 5.41) is 0. The van der Waals surface area contributed by atoms with Crippen LogP contribution in [-0.2, 0) is 28.9 Å². The van der Waals surface area contributed by atoms with Gasteiger partial charge in [-0.2, -0.15) is 0 Å². The highest BCUT2D eigenvalue weighted by molar-refractivity contribution is 7.98. The van der Waals surface area contributed by atoms with Gasteiger partial charge in [0.2, 0.25) is 0 Å². The van der Waals surface area contributed by atoms with Gasteiger partial charge in [-0.3, -0.25) is 0 Å². The molecule has 0 saturated carbocycles. The molecule has 0 saturated heterocycles. The van der Waals surface area contributed by atoms with Crippen LogP contribution in [0.3, 0.4) is 0 Å². The van der Waals surface area contributed by atoms with Gasteiger partial charge >= 0.3 is 11.9 Å². The van der Waals surface area contributed by atoms with E-state index in [2.05, 4.69) is 12.1 Å². The fourth-order valence-electron chi connectivity index (χ4n) is 4.76. The minimum absolute atomic E-state index is 0. The molecule has 228 valence electrons. The van der Waals surface area contributed by atoms with Crippen LogP contribution < -0.4 is 0 Å². The van der Waals surface area contributed by atoms with Crippen molar-refractivity contribution in [1.82, 2.24) is 0 Å². The topological polar surface area (TPSA) is 86.7 Å². The second-order valence-corrected chi connectivity index (χ2v) is 12.5. The lowest BCUT2D eigenvalue weighted by atomic mass is 9.97. The van der Waals surface area contributed by atoms with Crippen molar-refractivity contribution in [3.05, 3.63) is 131 Å². The predicted molar refractivity (Wildman–Crippen MR) is 180 cm³/mol. The van der Waals surface area contributed by atoms with Gasteiger partial charge in [-0.1, -0.05) is 99.8 Å². The molecule has 2 heterocycles. The predicted octanol–water partition coefficient (Wildman–Crippen LogP) is 7.71. The number of ether oxygens (including phenoxy) is 2. The van der Waals surface area contributed by atoms with Gasteiger partial charge in [-0.15, -0.1) is 11.8 Å². The molecule has 4 aromatic rings. The second kappa shape index (κ2) is 14.9. The molecule has 2 aliphatic rings. The van der Waals surface area contributed by atoms with E-state index >= 15 is 0 Å². The Morgan fingerprint density at radius 3 is 1.32 bits per heavy atom. The molecule has 0 spiro atoms. The average molecular weight is 629 g/mol. The van der Waals surface area contributed by atoms with Gasteiger partial charge in [0.15, 0.2) is 9.84 Å². The number of cyclic esters (lactones) is 2. The summed E-state index contributed by atoms with van der Waals surface area (Å²) in [6, 6.07) is 33.7. The molecule has 8 heteroatoms. The molecule has 0 N–H and O–H groups in total. The SMILES string of the molecule is C.C.CS(=O)(=O)c1ccc(C2=C(c3ccccc3)C(=O)OC2)cc1.CSc1ccc(C2=C(c3ccccc3)C(=O)OC2)cc1. The smallest absolute Gasteiger partial charge is 0.339 e. The number of hydrogen-bond donors (Lipinski definition) is 0. The van der Waals surface area contributed by atoms with Crippen molar-refractivity contribution in [2.45, 2.75) is 24.6 Å². The van der Waals surface area contributed by atoms with E-state index in [1.54, 1.807) is 36.0 Å². The van der Waals surface area contributed by atoms with Gasteiger partial charge in [-0.05, 0) is 52.8 Å². The lowest BCUT2D eigenvalue weighted by Crippen LogP contribution is -1.98. The molecule has 6 rings (SSSR count). The average Bonchev–Trinajstić information content (AvgIpc) is 3.60. The number of benzene rings is 4. The summed E-state index contributed by atoms with van der Waals surface area (Å²) in [6.45, 7) is 0.545. The summed E-state index contributed by atoms with van der Waals surface area (Å²) < 4.78 is 33.4. The molecule has 0 bridgehead atoms. The Bertz CT molecular complexity index is 1770. The molecule has 0 amide bonds. The van der Waals surface area contributed by atoms with Gasteiger partial charge in [0.1, 0.15) is 13.2 Å². The van der Waals surface area contributed by atoms with Crippen LogP contribution in [0, 0.1) is 0 Å². The van der Waals surface area contributed by atoms with Crippen LogP contribution in [0.4, 0.5) is 0 Å². The third-order valence-electron chi connectivity index (χ3n) is 6.90. The summed E-state index contributed by atoms with van der Waals surface area (Å²) in [4.78, 5) is 25.5.